The maximum Gasteiger partial charge on any atom is 0.244 e. The van der Waals surface area contributed by atoms with E-state index in [9.17, 15) is 4.79 Å². The molecule has 1 aromatic heterocycles. The molecule has 0 atom stereocenters. The standard InChI is InChI=1S/C19H19N3O3/c1-11-6-15-16(7-12(11)2)22(13(3)20-15)9-19(23)21-14-4-5-17-18(8-14)25-10-24-17/h4-8H,9-10H2,1-3H3,(H,21,23). The van der Waals surface area contributed by atoms with Crippen LogP contribution in [0.1, 0.15) is 17.0 Å². The number of ether oxygens (including phenoxy) is 2. The minimum Gasteiger partial charge on any atom is -0.454 e. The lowest BCUT2D eigenvalue weighted by Crippen LogP contribution is -2.19. The molecular formula is C19H19N3O3. The Bertz CT molecular complexity index is 991. The van der Waals surface area contributed by atoms with E-state index in [4.69, 9.17) is 9.47 Å². The summed E-state index contributed by atoms with van der Waals surface area (Å²) in [6.07, 6.45) is 0. The number of benzene rings is 2. The topological polar surface area (TPSA) is 65.4 Å². The predicted molar refractivity (Wildman–Crippen MR) is 95.1 cm³/mol. The summed E-state index contributed by atoms with van der Waals surface area (Å²) in [5.74, 6) is 2.05. The van der Waals surface area contributed by atoms with E-state index in [2.05, 4.69) is 36.3 Å². The molecular weight excluding hydrogens is 318 g/mol. The van der Waals surface area contributed by atoms with E-state index in [1.165, 1.54) is 11.1 Å². The van der Waals surface area contributed by atoms with E-state index in [-0.39, 0.29) is 19.2 Å². The molecule has 0 bridgehead atoms. The van der Waals surface area contributed by atoms with Crippen LogP contribution in [0.5, 0.6) is 11.5 Å². The summed E-state index contributed by atoms with van der Waals surface area (Å²) in [4.78, 5) is 17.1. The third-order valence-electron chi connectivity index (χ3n) is 4.51. The zero-order chi connectivity index (χ0) is 17.6. The van der Waals surface area contributed by atoms with Crippen LogP contribution in [0, 0.1) is 20.8 Å². The third-order valence-corrected chi connectivity index (χ3v) is 4.51. The molecule has 0 spiro atoms. The van der Waals surface area contributed by atoms with Gasteiger partial charge in [-0.3, -0.25) is 4.79 Å². The van der Waals surface area contributed by atoms with Crippen molar-refractivity contribution in [3.8, 4) is 11.5 Å². The van der Waals surface area contributed by atoms with Crippen LogP contribution in [0.3, 0.4) is 0 Å². The molecule has 3 aromatic rings. The number of nitrogens with zero attached hydrogens (tertiary/aromatic N) is 2. The molecule has 1 aliphatic rings. The fraction of sp³-hybridized carbons (Fsp3) is 0.263. The molecule has 1 N–H and O–H groups in total. The van der Waals surface area contributed by atoms with E-state index in [1.54, 1.807) is 18.2 Å². The van der Waals surface area contributed by atoms with Crippen LogP contribution < -0.4 is 14.8 Å². The number of aromatic nitrogens is 2. The summed E-state index contributed by atoms with van der Waals surface area (Å²) in [5, 5.41) is 2.90. The van der Waals surface area contributed by atoms with Crippen LogP contribution in [0.4, 0.5) is 5.69 Å². The SMILES string of the molecule is Cc1cc2nc(C)n(CC(=O)Nc3ccc4c(c3)OCO4)c2cc1C. The highest BCUT2D eigenvalue weighted by atomic mass is 16.7. The third kappa shape index (κ3) is 2.80. The number of nitrogens with one attached hydrogen (secondary N) is 1. The molecule has 2 aromatic carbocycles. The monoisotopic (exact) mass is 337 g/mol. The quantitative estimate of drug-likeness (QED) is 0.796. The van der Waals surface area contributed by atoms with Gasteiger partial charge >= 0.3 is 0 Å². The molecule has 0 fully saturated rings. The number of carbonyl (C=O) groups excluding carboxylic acids is 1. The summed E-state index contributed by atoms with van der Waals surface area (Å²) in [5.41, 5.74) is 4.95. The van der Waals surface area contributed by atoms with Gasteiger partial charge in [0, 0.05) is 11.8 Å². The van der Waals surface area contributed by atoms with Crippen molar-refractivity contribution < 1.29 is 14.3 Å². The van der Waals surface area contributed by atoms with Crippen LogP contribution in [0.2, 0.25) is 0 Å². The minimum atomic E-state index is -0.112. The van der Waals surface area contributed by atoms with Crippen molar-refractivity contribution >= 4 is 22.6 Å². The van der Waals surface area contributed by atoms with Crippen molar-refractivity contribution in [1.82, 2.24) is 9.55 Å². The predicted octanol–water partition coefficient (Wildman–Crippen LogP) is 3.33. The Balaban J connectivity index is 1.57. The van der Waals surface area contributed by atoms with Crippen LogP contribution in [0.25, 0.3) is 11.0 Å². The lowest BCUT2D eigenvalue weighted by Gasteiger charge is -2.09. The lowest BCUT2D eigenvalue weighted by molar-refractivity contribution is -0.116. The van der Waals surface area contributed by atoms with Gasteiger partial charge < -0.3 is 19.4 Å². The van der Waals surface area contributed by atoms with Crippen LogP contribution >= 0.6 is 0 Å². The van der Waals surface area contributed by atoms with Crippen molar-refractivity contribution in [3.05, 3.63) is 47.3 Å². The van der Waals surface area contributed by atoms with Gasteiger partial charge in [-0.05, 0) is 56.2 Å². The van der Waals surface area contributed by atoms with Crippen LogP contribution in [-0.2, 0) is 11.3 Å². The van der Waals surface area contributed by atoms with E-state index < -0.39 is 0 Å². The Kier molecular flexibility index (Phi) is 3.60. The average Bonchev–Trinajstić information content (AvgIpc) is 3.13. The molecule has 0 aliphatic carbocycles. The van der Waals surface area contributed by atoms with Crippen molar-refractivity contribution in [1.29, 1.82) is 0 Å². The zero-order valence-electron chi connectivity index (χ0n) is 14.4. The fourth-order valence-electron chi connectivity index (χ4n) is 3.02. The molecule has 0 unspecified atom stereocenters. The second-order valence-electron chi connectivity index (χ2n) is 6.29. The Morgan fingerprint density at radius 3 is 2.72 bits per heavy atom. The molecule has 25 heavy (non-hydrogen) atoms. The molecule has 6 nitrogen and oxygen atoms in total. The summed E-state index contributed by atoms with van der Waals surface area (Å²) >= 11 is 0. The maximum atomic E-state index is 12.5. The van der Waals surface area contributed by atoms with Gasteiger partial charge in [-0.1, -0.05) is 0 Å². The summed E-state index contributed by atoms with van der Waals surface area (Å²) in [6, 6.07) is 9.51. The largest absolute Gasteiger partial charge is 0.454 e. The number of amides is 1. The second-order valence-corrected chi connectivity index (χ2v) is 6.29. The summed E-state index contributed by atoms with van der Waals surface area (Å²) in [7, 11) is 0. The van der Waals surface area contributed by atoms with E-state index in [1.807, 2.05) is 11.5 Å². The second kappa shape index (κ2) is 5.81. The van der Waals surface area contributed by atoms with Crippen molar-refractivity contribution in [2.45, 2.75) is 27.3 Å². The zero-order valence-corrected chi connectivity index (χ0v) is 14.4. The molecule has 0 radical (unpaired) electrons. The van der Waals surface area contributed by atoms with E-state index >= 15 is 0 Å². The van der Waals surface area contributed by atoms with Crippen molar-refractivity contribution in [2.75, 3.05) is 12.1 Å². The normalized spacial score (nSPS) is 12.6. The first-order chi connectivity index (χ1) is 12.0. The van der Waals surface area contributed by atoms with Gasteiger partial charge in [0.1, 0.15) is 12.4 Å². The number of hydrogen-bond acceptors (Lipinski definition) is 4. The average molecular weight is 337 g/mol. The molecule has 1 aliphatic heterocycles. The molecule has 2 heterocycles. The van der Waals surface area contributed by atoms with Gasteiger partial charge in [-0.15, -0.1) is 0 Å². The first kappa shape index (κ1) is 15.5. The Labute approximate surface area is 145 Å². The number of rotatable bonds is 3. The Morgan fingerprint density at radius 2 is 1.88 bits per heavy atom. The van der Waals surface area contributed by atoms with Crippen molar-refractivity contribution in [2.24, 2.45) is 0 Å². The molecule has 4 rings (SSSR count). The molecule has 0 saturated heterocycles. The van der Waals surface area contributed by atoms with Crippen molar-refractivity contribution in [3.63, 3.8) is 0 Å². The number of aryl methyl sites for hydroxylation is 3. The first-order valence-electron chi connectivity index (χ1n) is 8.15. The van der Waals surface area contributed by atoms with Gasteiger partial charge in [-0.2, -0.15) is 0 Å². The van der Waals surface area contributed by atoms with Crippen LogP contribution in [-0.4, -0.2) is 22.3 Å². The van der Waals surface area contributed by atoms with Gasteiger partial charge in [-0.25, -0.2) is 4.98 Å². The highest BCUT2D eigenvalue weighted by molar-refractivity contribution is 5.92. The molecule has 128 valence electrons. The van der Waals surface area contributed by atoms with E-state index in [0.29, 0.717) is 17.2 Å². The highest BCUT2D eigenvalue weighted by Gasteiger charge is 2.16. The smallest absolute Gasteiger partial charge is 0.244 e. The molecule has 0 saturated carbocycles. The number of anilines is 1. The fourth-order valence-corrected chi connectivity index (χ4v) is 3.02. The highest BCUT2D eigenvalue weighted by Crippen LogP contribution is 2.34. The van der Waals surface area contributed by atoms with E-state index in [0.717, 1.165) is 16.9 Å². The van der Waals surface area contributed by atoms with Gasteiger partial charge in [0.05, 0.1) is 11.0 Å². The Morgan fingerprint density at radius 1 is 1.12 bits per heavy atom. The first-order valence-corrected chi connectivity index (χ1v) is 8.15. The minimum absolute atomic E-state index is 0.112. The molecule has 6 heteroatoms. The maximum absolute atomic E-state index is 12.5. The van der Waals surface area contributed by atoms with Gasteiger partial charge in [0.2, 0.25) is 12.7 Å². The number of hydrogen-bond donors (Lipinski definition) is 1. The number of carbonyl (C=O) groups is 1. The summed E-state index contributed by atoms with van der Waals surface area (Å²) < 4.78 is 12.6. The van der Waals surface area contributed by atoms with Gasteiger partial charge in [0.15, 0.2) is 11.5 Å². The molecule has 1 amide bonds. The Hall–Kier alpha value is -3.02. The summed E-state index contributed by atoms with van der Waals surface area (Å²) in [6.45, 7) is 6.47. The van der Waals surface area contributed by atoms with Gasteiger partial charge in [0.25, 0.3) is 0 Å². The lowest BCUT2D eigenvalue weighted by atomic mass is 10.1. The number of fused-ring (bicyclic) bond motifs is 2. The van der Waals surface area contributed by atoms with Crippen LogP contribution in [0.15, 0.2) is 30.3 Å². The number of imidazole rings is 1.